The molecule has 0 bridgehead atoms. The Bertz CT molecular complexity index is 580. The Kier molecular flexibility index (Phi) is 3.20. The van der Waals surface area contributed by atoms with Gasteiger partial charge in [-0.3, -0.25) is 4.90 Å². The first-order chi connectivity index (χ1) is 9.92. The van der Waals surface area contributed by atoms with Crippen molar-refractivity contribution >= 4 is 11.3 Å². The molecule has 3 nitrogen and oxygen atoms in total. The summed E-state index contributed by atoms with van der Waals surface area (Å²) in [5.74, 6) is 0.961. The van der Waals surface area contributed by atoms with Crippen molar-refractivity contribution in [2.75, 3.05) is 13.2 Å². The van der Waals surface area contributed by atoms with Crippen LogP contribution in [0.3, 0.4) is 0 Å². The predicted molar refractivity (Wildman–Crippen MR) is 81.2 cm³/mol. The number of rotatable bonds is 5. The maximum Gasteiger partial charge on any atom is 0.129 e. The molecule has 2 unspecified atom stereocenters. The molecular formula is C16H18N2OS. The highest BCUT2D eigenvalue weighted by atomic mass is 32.1. The van der Waals surface area contributed by atoms with Crippen LogP contribution in [0.1, 0.15) is 19.3 Å². The molecule has 2 atom stereocenters. The van der Waals surface area contributed by atoms with Crippen LogP contribution in [0.15, 0.2) is 35.8 Å². The van der Waals surface area contributed by atoms with Gasteiger partial charge in [-0.15, -0.1) is 11.3 Å². The van der Waals surface area contributed by atoms with Crippen molar-refractivity contribution < 1.29 is 4.74 Å². The smallest absolute Gasteiger partial charge is 0.129 e. The lowest BCUT2D eigenvalue weighted by Crippen LogP contribution is -2.29. The standard InChI is InChI=1S/C16H18N2OS/c1-2-7-15(14(6-1)16-17-8-9-20-16)19-11-13-10-18(13)12-4-3-5-12/h1-2,6-9,12-13H,3-5,10-11H2. The molecule has 0 spiro atoms. The van der Waals surface area contributed by atoms with E-state index in [2.05, 4.69) is 16.0 Å². The average Bonchev–Trinajstić information content (AvgIpc) is 2.96. The highest BCUT2D eigenvalue weighted by molar-refractivity contribution is 7.13. The molecule has 2 fully saturated rings. The normalized spacial score (nSPS) is 25.2. The summed E-state index contributed by atoms with van der Waals surface area (Å²) < 4.78 is 6.06. The van der Waals surface area contributed by atoms with Gasteiger partial charge >= 0.3 is 0 Å². The molecule has 2 heterocycles. The first-order valence-corrected chi connectivity index (χ1v) is 8.17. The number of aromatic nitrogens is 1. The molecule has 1 saturated carbocycles. The number of thiazole rings is 1. The van der Waals surface area contributed by atoms with E-state index in [4.69, 9.17) is 4.74 Å². The predicted octanol–water partition coefficient (Wildman–Crippen LogP) is 3.43. The lowest BCUT2D eigenvalue weighted by molar-refractivity contribution is 0.215. The van der Waals surface area contributed by atoms with Gasteiger partial charge in [0.15, 0.2) is 0 Å². The average molecular weight is 286 g/mol. The molecule has 0 amide bonds. The van der Waals surface area contributed by atoms with E-state index in [0.29, 0.717) is 6.04 Å². The molecule has 20 heavy (non-hydrogen) atoms. The summed E-state index contributed by atoms with van der Waals surface area (Å²) in [7, 11) is 0. The molecule has 1 saturated heterocycles. The molecule has 1 aromatic heterocycles. The van der Waals surface area contributed by atoms with Gasteiger partial charge in [-0.1, -0.05) is 18.6 Å². The first-order valence-electron chi connectivity index (χ1n) is 7.29. The van der Waals surface area contributed by atoms with E-state index >= 15 is 0 Å². The lowest BCUT2D eigenvalue weighted by atomic mass is 9.93. The Balaban J connectivity index is 1.42. The number of para-hydroxylation sites is 1. The van der Waals surface area contributed by atoms with E-state index in [-0.39, 0.29) is 0 Å². The third kappa shape index (κ3) is 2.34. The molecule has 0 N–H and O–H groups in total. The second-order valence-electron chi connectivity index (χ2n) is 5.58. The fraction of sp³-hybridized carbons (Fsp3) is 0.438. The summed E-state index contributed by atoms with van der Waals surface area (Å²) in [6.45, 7) is 2.02. The van der Waals surface area contributed by atoms with Crippen LogP contribution in [-0.2, 0) is 0 Å². The summed E-state index contributed by atoms with van der Waals surface area (Å²) >= 11 is 1.66. The summed E-state index contributed by atoms with van der Waals surface area (Å²) in [5, 5.41) is 3.04. The van der Waals surface area contributed by atoms with Crippen molar-refractivity contribution in [2.45, 2.75) is 31.3 Å². The summed E-state index contributed by atoms with van der Waals surface area (Å²) in [5.41, 5.74) is 1.11. The fourth-order valence-electron chi connectivity index (χ4n) is 2.82. The monoisotopic (exact) mass is 286 g/mol. The molecule has 1 aromatic carbocycles. The molecule has 2 aliphatic rings. The van der Waals surface area contributed by atoms with Crippen LogP contribution in [0.2, 0.25) is 0 Å². The van der Waals surface area contributed by atoms with Crippen molar-refractivity contribution in [2.24, 2.45) is 0 Å². The zero-order valence-corrected chi connectivity index (χ0v) is 12.2. The molecule has 4 rings (SSSR count). The Hall–Kier alpha value is -1.39. The number of benzene rings is 1. The van der Waals surface area contributed by atoms with E-state index in [1.807, 2.05) is 29.8 Å². The Morgan fingerprint density at radius 1 is 1.30 bits per heavy atom. The van der Waals surface area contributed by atoms with Crippen LogP contribution in [-0.4, -0.2) is 35.1 Å². The maximum atomic E-state index is 6.06. The molecule has 4 heteroatoms. The van der Waals surface area contributed by atoms with Crippen LogP contribution in [0.5, 0.6) is 5.75 Å². The van der Waals surface area contributed by atoms with E-state index in [9.17, 15) is 0 Å². The van der Waals surface area contributed by atoms with E-state index in [0.717, 1.165) is 29.0 Å². The van der Waals surface area contributed by atoms with E-state index in [1.54, 1.807) is 11.3 Å². The summed E-state index contributed by atoms with van der Waals surface area (Å²) in [4.78, 5) is 6.96. The number of ether oxygens (including phenoxy) is 1. The van der Waals surface area contributed by atoms with Gasteiger partial charge in [0.1, 0.15) is 17.4 Å². The fourth-order valence-corrected chi connectivity index (χ4v) is 3.49. The van der Waals surface area contributed by atoms with Gasteiger partial charge < -0.3 is 4.74 Å². The van der Waals surface area contributed by atoms with Crippen molar-refractivity contribution in [3.05, 3.63) is 35.8 Å². The minimum atomic E-state index is 0.629. The van der Waals surface area contributed by atoms with Crippen LogP contribution in [0.25, 0.3) is 10.6 Å². The van der Waals surface area contributed by atoms with Gasteiger partial charge in [0.2, 0.25) is 0 Å². The Labute approximate surface area is 123 Å². The van der Waals surface area contributed by atoms with Gasteiger partial charge in [0, 0.05) is 24.2 Å². The minimum absolute atomic E-state index is 0.629. The van der Waals surface area contributed by atoms with E-state index < -0.39 is 0 Å². The van der Waals surface area contributed by atoms with Gasteiger partial charge in [-0.25, -0.2) is 4.98 Å². The van der Waals surface area contributed by atoms with Crippen LogP contribution in [0, 0.1) is 0 Å². The van der Waals surface area contributed by atoms with Crippen molar-refractivity contribution in [3.63, 3.8) is 0 Å². The van der Waals surface area contributed by atoms with Crippen LogP contribution >= 0.6 is 11.3 Å². The third-order valence-electron chi connectivity index (χ3n) is 4.28. The zero-order valence-electron chi connectivity index (χ0n) is 11.4. The molecule has 0 radical (unpaired) electrons. The Morgan fingerprint density at radius 2 is 2.20 bits per heavy atom. The lowest BCUT2D eigenvalue weighted by Gasteiger charge is -2.27. The van der Waals surface area contributed by atoms with E-state index in [1.165, 1.54) is 25.8 Å². The van der Waals surface area contributed by atoms with Crippen molar-refractivity contribution in [3.8, 4) is 16.3 Å². The van der Waals surface area contributed by atoms with Gasteiger partial charge in [-0.2, -0.15) is 0 Å². The highest BCUT2D eigenvalue weighted by Crippen LogP contribution is 2.35. The molecular weight excluding hydrogens is 268 g/mol. The highest BCUT2D eigenvalue weighted by Gasteiger charge is 2.42. The second-order valence-corrected chi connectivity index (χ2v) is 6.47. The topological polar surface area (TPSA) is 25.1 Å². The van der Waals surface area contributed by atoms with Gasteiger partial charge in [-0.05, 0) is 25.0 Å². The van der Waals surface area contributed by atoms with Crippen LogP contribution in [0.4, 0.5) is 0 Å². The summed E-state index contributed by atoms with van der Waals surface area (Å²) in [6, 6.07) is 9.68. The maximum absolute atomic E-state index is 6.06. The van der Waals surface area contributed by atoms with Crippen molar-refractivity contribution in [1.82, 2.24) is 9.88 Å². The number of nitrogens with zero attached hydrogens (tertiary/aromatic N) is 2. The largest absolute Gasteiger partial charge is 0.491 e. The molecule has 104 valence electrons. The van der Waals surface area contributed by atoms with Gasteiger partial charge in [0.25, 0.3) is 0 Å². The van der Waals surface area contributed by atoms with Crippen LogP contribution < -0.4 is 4.74 Å². The van der Waals surface area contributed by atoms with Gasteiger partial charge in [0.05, 0.1) is 11.6 Å². The molecule has 1 aliphatic heterocycles. The number of hydrogen-bond donors (Lipinski definition) is 0. The zero-order chi connectivity index (χ0) is 13.4. The minimum Gasteiger partial charge on any atom is -0.491 e. The first kappa shape index (κ1) is 12.4. The third-order valence-corrected chi connectivity index (χ3v) is 5.09. The molecule has 1 aliphatic carbocycles. The number of hydrogen-bond acceptors (Lipinski definition) is 4. The summed E-state index contributed by atoms with van der Waals surface area (Å²) in [6.07, 6.45) is 6.01. The SMILES string of the molecule is c1ccc(-c2nccs2)c(OCC2CN2C2CCC2)c1. The molecule has 2 aromatic rings. The Morgan fingerprint density at radius 3 is 2.95 bits per heavy atom. The van der Waals surface area contributed by atoms with Crippen molar-refractivity contribution in [1.29, 1.82) is 0 Å². The second kappa shape index (κ2) is 5.19. The quantitative estimate of drug-likeness (QED) is 0.787.